The summed E-state index contributed by atoms with van der Waals surface area (Å²) in [5, 5.41) is 3.02. The van der Waals surface area contributed by atoms with Crippen LogP contribution in [0.5, 0.6) is 5.75 Å². The van der Waals surface area contributed by atoms with E-state index in [9.17, 15) is 4.79 Å². The Balaban J connectivity index is 2.51. The molecule has 1 aromatic carbocycles. The second-order valence-corrected chi connectivity index (χ2v) is 4.63. The van der Waals surface area contributed by atoms with Crippen molar-refractivity contribution in [3.63, 3.8) is 0 Å². The van der Waals surface area contributed by atoms with Gasteiger partial charge in [-0.2, -0.15) is 0 Å². The van der Waals surface area contributed by atoms with Crippen LogP contribution >= 0.6 is 0 Å². The van der Waals surface area contributed by atoms with Gasteiger partial charge >= 0.3 is 117 Å². The Bertz CT molecular complexity index is 368. The number of nitrogens with one attached hydrogen (secondary N) is 2. The average Bonchev–Trinajstić information content (AvgIpc) is 2.37. The molecule has 1 atom stereocenters. The van der Waals surface area contributed by atoms with E-state index in [0.29, 0.717) is 13.0 Å². The van der Waals surface area contributed by atoms with Crippen LogP contribution in [0.25, 0.3) is 0 Å². The van der Waals surface area contributed by atoms with Crippen LogP contribution in [-0.4, -0.2) is 49.1 Å². The summed E-state index contributed by atoms with van der Waals surface area (Å²) in [4.78, 5) is 11.3. The van der Waals surface area contributed by atoms with Gasteiger partial charge < -0.3 is 0 Å². The van der Waals surface area contributed by atoms with Gasteiger partial charge in [-0.15, -0.1) is 0 Å². The summed E-state index contributed by atoms with van der Waals surface area (Å²) in [5.41, 5.74) is 1.12. The van der Waals surface area contributed by atoms with Crippen LogP contribution in [0.15, 0.2) is 24.3 Å². The molecule has 1 unspecified atom stereocenters. The molecular weight excluding hydrogens is 291 g/mol. The van der Waals surface area contributed by atoms with E-state index >= 15 is 0 Å². The third kappa shape index (κ3) is 5.21. The Kier molecular flexibility index (Phi) is 7.02. The fourth-order valence-electron chi connectivity index (χ4n) is 1.51. The summed E-state index contributed by atoms with van der Waals surface area (Å²) < 4.78 is 8.49. The fourth-order valence-corrected chi connectivity index (χ4v) is 2.08. The molecule has 0 aliphatic carbocycles. The van der Waals surface area contributed by atoms with Crippen molar-refractivity contribution < 1.29 is 9.53 Å². The van der Waals surface area contributed by atoms with Crippen LogP contribution in [0.1, 0.15) is 12.5 Å². The number of carbonyl (C=O) groups excluding carboxylic acids is 1. The van der Waals surface area contributed by atoms with Crippen molar-refractivity contribution in [1.82, 2.24) is 9.55 Å². The van der Waals surface area contributed by atoms with Crippen LogP contribution in [0.2, 0.25) is 0 Å². The average molecular weight is 310 g/mol. The fraction of sp³-hybridized carbons (Fsp3) is 0.462. The zero-order chi connectivity index (χ0) is 13.4. The molecule has 5 heteroatoms. The number of ether oxygens (including phenoxy) is 1. The third-order valence-corrected chi connectivity index (χ3v) is 3.28. The van der Waals surface area contributed by atoms with Crippen molar-refractivity contribution >= 4 is 22.9 Å². The summed E-state index contributed by atoms with van der Waals surface area (Å²) >= 11 is 2.25. The molecule has 0 aromatic heterocycles. The Morgan fingerprint density at radius 1 is 1.39 bits per heavy atom. The number of rotatable bonds is 8. The molecule has 0 saturated heterocycles. The first kappa shape index (κ1) is 15.2. The molecule has 2 radical (unpaired) electrons. The van der Waals surface area contributed by atoms with Gasteiger partial charge in [0.2, 0.25) is 0 Å². The standard InChI is InChI=1S/C13H19AsN2O2/c1-10(17)13(16-14)9-11-3-5-12(6-4-11)18-8-7-15-2/h3-6,13,15-16H,7-9H2,1-2H3. The van der Waals surface area contributed by atoms with E-state index in [1.807, 2.05) is 31.3 Å². The maximum absolute atomic E-state index is 11.3. The van der Waals surface area contributed by atoms with E-state index in [0.717, 1.165) is 17.9 Å². The molecular formula is C13H19AsN2O2. The molecule has 0 amide bonds. The monoisotopic (exact) mass is 310 g/mol. The molecule has 4 nitrogen and oxygen atoms in total. The van der Waals surface area contributed by atoms with E-state index in [4.69, 9.17) is 4.74 Å². The second-order valence-electron chi connectivity index (χ2n) is 4.09. The van der Waals surface area contributed by atoms with Gasteiger partial charge in [-0.1, -0.05) is 0 Å². The normalized spacial score (nSPS) is 12.2. The van der Waals surface area contributed by atoms with E-state index in [1.54, 1.807) is 6.92 Å². The van der Waals surface area contributed by atoms with Gasteiger partial charge in [-0.3, -0.25) is 0 Å². The minimum atomic E-state index is -0.138. The summed E-state index contributed by atoms with van der Waals surface area (Å²) in [6.07, 6.45) is 0.695. The van der Waals surface area contributed by atoms with Crippen LogP contribution < -0.4 is 14.3 Å². The number of likely N-dealkylation sites (N-methyl/N-ethyl adjacent to an activating group) is 1. The summed E-state index contributed by atoms with van der Waals surface area (Å²) in [5.74, 6) is 0.999. The van der Waals surface area contributed by atoms with Gasteiger partial charge in [0.05, 0.1) is 0 Å². The van der Waals surface area contributed by atoms with E-state index < -0.39 is 0 Å². The van der Waals surface area contributed by atoms with Gasteiger partial charge in [0.15, 0.2) is 0 Å². The zero-order valence-corrected chi connectivity index (χ0v) is 12.6. The number of Topliss-reactive ketones (excluding diaryl/α,β-unsaturated/α-hetero) is 1. The summed E-state index contributed by atoms with van der Waals surface area (Å²) in [6.45, 7) is 3.08. The zero-order valence-electron chi connectivity index (χ0n) is 10.8. The quantitative estimate of drug-likeness (QED) is 0.541. The van der Waals surface area contributed by atoms with Gasteiger partial charge in [0.25, 0.3) is 0 Å². The predicted molar refractivity (Wildman–Crippen MR) is 72.9 cm³/mol. The van der Waals surface area contributed by atoms with Crippen molar-refractivity contribution in [2.24, 2.45) is 0 Å². The number of hydrogen-bond donors (Lipinski definition) is 2. The van der Waals surface area contributed by atoms with Crippen molar-refractivity contribution in [3.8, 4) is 5.75 Å². The van der Waals surface area contributed by atoms with Crippen LogP contribution in [0.4, 0.5) is 0 Å². The molecule has 2 N–H and O–H groups in total. The van der Waals surface area contributed by atoms with Crippen LogP contribution in [0, 0.1) is 0 Å². The molecule has 0 saturated carbocycles. The van der Waals surface area contributed by atoms with Crippen LogP contribution in [-0.2, 0) is 11.2 Å². The summed E-state index contributed by atoms with van der Waals surface area (Å²) in [6, 6.07) is 7.73. The van der Waals surface area contributed by atoms with Crippen molar-refractivity contribution in [2.75, 3.05) is 20.2 Å². The number of carbonyl (C=O) groups is 1. The van der Waals surface area contributed by atoms with Crippen molar-refractivity contribution in [1.29, 1.82) is 0 Å². The minimum absolute atomic E-state index is 0.138. The van der Waals surface area contributed by atoms with Gasteiger partial charge in [-0.05, 0) is 0 Å². The second kappa shape index (κ2) is 8.30. The van der Waals surface area contributed by atoms with E-state index in [-0.39, 0.29) is 11.8 Å². The molecule has 18 heavy (non-hydrogen) atoms. The predicted octanol–water partition coefficient (Wildman–Crippen LogP) is 0.458. The van der Waals surface area contributed by atoms with Crippen molar-refractivity contribution in [3.05, 3.63) is 29.8 Å². The number of ketones is 1. The SMILES string of the molecule is CNCCOc1ccc(CC(N[As])C(C)=O)cc1. The van der Waals surface area contributed by atoms with Crippen molar-refractivity contribution in [2.45, 2.75) is 19.4 Å². The van der Waals surface area contributed by atoms with E-state index in [2.05, 4.69) is 26.6 Å². The summed E-state index contributed by atoms with van der Waals surface area (Å²) in [7, 11) is 1.89. The Morgan fingerprint density at radius 2 is 2.06 bits per heavy atom. The maximum atomic E-state index is 11.3. The molecule has 0 bridgehead atoms. The Morgan fingerprint density at radius 3 is 2.56 bits per heavy atom. The van der Waals surface area contributed by atoms with Gasteiger partial charge in [0.1, 0.15) is 0 Å². The topological polar surface area (TPSA) is 50.4 Å². The molecule has 0 aliphatic heterocycles. The molecule has 0 fully saturated rings. The number of hydrogen-bond acceptors (Lipinski definition) is 4. The molecule has 1 aromatic rings. The van der Waals surface area contributed by atoms with E-state index in [1.165, 1.54) is 0 Å². The first-order valence-electron chi connectivity index (χ1n) is 5.93. The first-order chi connectivity index (χ1) is 8.67. The number of benzene rings is 1. The Labute approximate surface area is 117 Å². The van der Waals surface area contributed by atoms with Gasteiger partial charge in [-0.25, -0.2) is 0 Å². The molecule has 0 spiro atoms. The molecule has 0 aliphatic rings. The molecule has 0 heterocycles. The van der Waals surface area contributed by atoms with Gasteiger partial charge in [0, 0.05) is 0 Å². The van der Waals surface area contributed by atoms with Crippen LogP contribution in [0.3, 0.4) is 0 Å². The first-order valence-corrected chi connectivity index (χ1v) is 6.87. The molecule has 1 rings (SSSR count). The molecule has 98 valence electrons. The Hall–Kier alpha value is -0.832. The third-order valence-electron chi connectivity index (χ3n) is 2.63.